The van der Waals surface area contributed by atoms with Crippen LogP contribution < -0.4 is 5.19 Å². The highest BCUT2D eigenvalue weighted by atomic mass is 28.3. The molecule has 0 aromatic heterocycles. The van der Waals surface area contributed by atoms with Gasteiger partial charge in [-0.2, -0.15) is 0 Å². The maximum atomic E-state index is 2.64. The molecule has 0 N–H and O–H groups in total. The lowest BCUT2D eigenvalue weighted by molar-refractivity contribution is 0.494. The van der Waals surface area contributed by atoms with E-state index < -0.39 is 8.07 Å². The molecule has 0 bridgehead atoms. The molecule has 0 spiro atoms. The Kier molecular flexibility index (Phi) is 5.58. The van der Waals surface area contributed by atoms with E-state index in [-0.39, 0.29) is 0 Å². The molecule has 1 fully saturated rings. The first-order valence-electron chi connectivity index (χ1n) is 9.56. The Morgan fingerprint density at radius 3 is 2.43 bits per heavy atom. The van der Waals surface area contributed by atoms with Gasteiger partial charge in [-0.15, -0.1) is 0 Å². The molecule has 0 amide bonds. The molecule has 0 heterocycles. The van der Waals surface area contributed by atoms with Gasteiger partial charge in [-0.3, -0.25) is 0 Å². The van der Waals surface area contributed by atoms with Crippen LogP contribution in [0, 0.1) is 5.54 Å². The van der Waals surface area contributed by atoms with Crippen LogP contribution >= 0.6 is 0 Å². The van der Waals surface area contributed by atoms with Crippen LogP contribution in [-0.2, 0) is 0 Å². The Labute approximate surface area is 143 Å². The Morgan fingerprint density at radius 1 is 1.00 bits per heavy atom. The summed E-state index contributed by atoms with van der Waals surface area (Å²) in [5.74, 6) is 0. The predicted molar refractivity (Wildman–Crippen MR) is 105 cm³/mol. The molecule has 0 nitrogen and oxygen atoms in total. The van der Waals surface area contributed by atoms with E-state index in [1.165, 1.54) is 51.4 Å². The first-order chi connectivity index (χ1) is 11.2. The summed E-state index contributed by atoms with van der Waals surface area (Å²) in [6.45, 7) is 4.92. The van der Waals surface area contributed by atoms with Crippen molar-refractivity contribution in [1.29, 1.82) is 0 Å². The second kappa shape index (κ2) is 7.66. The van der Waals surface area contributed by atoms with Crippen LogP contribution in [0.3, 0.4) is 0 Å². The van der Waals surface area contributed by atoms with E-state index in [2.05, 4.69) is 62.0 Å². The van der Waals surface area contributed by atoms with Crippen molar-refractivity contribution in [3.05, 3.63) is 59.7 Å². The lowest BCUT2D eigenvalue weighted by Gasteiger charge is -2.41. The van der Waals surface area contributed by atoms with Crippen molar-refractivity contribution in [3.8, 4) is 0 Å². The lowest BCUT2D eigenvalue weighted by atomic mass is 10.0. The van der Waals surface area contributed by atoms with Gasteiger partial charge < -0.3 is 0 Å². The van der Waals surface area contributed by atoms with Gasteiger partial charge in [0, 0.05) is 5.54 Å². The van der Waals surface area contributed by atoms with E-state index in [4.69, 9.17) is 0 Å². The fourth-order valence-electron chi connectivity index (χ4n) is 4.45. The quantitative estimate of drug-likeness (QED) is 0.554. The van der Waals surface area contributed by atoms with Crippen LogP contribution in [0.2, 0.25) is 12.1 Å². The van der Waals surface area contributed by atoms with Crippen molar-refractivity contribution in [2.24, 2.45) is 0 Å². The minimum absolute atomic E-state index is 0.917. The largest absolute Gasteiger partial charge is 0.102 e. The third-order valence-electron chi connectivity index (χ3n) is 6.03. The predicted octanol–water partition coefficient (Wildman–Crippen LogP) is 6.11. The zero-order valence-electron chi connectivity index (χ0n) is 14.9. The van der Waals surface area contributed by atoms with E-state index in [0.717, 1.165) is 5.54 Å². The first kappa shape index (κ1) is 16.8. The summed E-state index contributed by atoms with van der Waals surface area (Å²) in [5, 5.41) is 1.64. The van der Waals surface area contributed by atoms with E-state index in [1.807, 2.05) is 0 Å². The lowest BCUT2D eigenvalue weighted by Crippen LogP contribution is -2.53. The van der Waals surface area contributed by atoms with Gasteiger partial charge in [-0.25, -0.2) is 0 Å². The van der Waals surface area contributed by atoms with Crippen molar-refractivity contribution in [3.63, 3.8) is 0 Å². The number of hydrogen-bond acceptors (Lipinski definition) is 0. The van der Waals surface area contributed by atoms with Gasteiger partial charge in [0.05, 0.1) is 0 Å². The molecular weight excluding hydrogens is 292 g/mol. The van der Waals surface area contributed by atoms with Crippen LogP contribution in [0.15, 0.2) is 54.1 Å². The Hall–Kier alpha value is -1.08. The van der Waals surface area contributed by atoms with Crippen molar-refractivity contribution in [2.45, 2.75) is 70.4 Å². The van der Waals surface area contributed by atoms with Gasteiger partial charge in [0.15, 0.2) is 0 Å². The third-order valence-corrected chi connectivity index (χ3v) is 11.3. The number of unbranched alkanes of at least 4 members (excludes halogenated alkanes) is 1. The Balaban J connectivity index is 1.90. The zero-order valence-corrected chi connectivity index (χ0v) is 15.9. The van der Waals surface area contributed by atoms with Crippen molar-refractivity contribution in [1.82, 2.24) is 0 Å². The molecule has 2 aliphatic carbocycles. The Morgan fingerprint density at radius 2 is 1.74 bits per heavy atom. The molecule has 0 aliphatic heterocycles. The molecular formula is C22H31Si. The number of allylic oxidation sites excluding steroid dienone is 4. The highest BCUT2D eigenvalue weighted by molar-refractivity contribution is 6.97. The van der Waals surface area contributed by atoms with Crippen LogP contribution in [-0.4, -0.2) is 8.07 Å². The smallest absolute Gasteiger partial charge is 0.0757 e. The molecule has 1 unspecified atom stereocenters. The van der Waals surface area contributed by atoms with E-state index >= 15 is 0 Å². The Bertz CT molecular complexity index is 551. The highest BCUT2D eigenvalue weighted by Gasteiger charge is 2.44. The van der Waals surface area contributed by atoms with Crippen LogP contribution in [0.1, 0.15) is 58.3 Å². The molecule has 23 heavy (non-hydrogen) atoms. The number of hydrogen-bond donors (Lipinski definition) is 0. The van der Waals surface area contributed by atoms with E-state index in [1.54, 1.807) is 16.3 Å². The average molecular weight is 324 g/mol. The van der Waals surface area contributed by atoms with Crippen molar-refractivity contribution < 1.29 is 0 Å². The molecule has 1 radical (unpaired) electrons. The summed E-state index contributed by atoms with van der Waals surface area (Å²) >= 11 is 0. The molecule has 3 rings (SSSR count). The van der Waals surface area contributed by atoms with E-state index in [0.29, 0.717) is 0 Å². The summed E-state index contributed by atoms with van der Waals surface area (Å²) in [5.41, 5.74) is 4.16. The SMILES string of the molecule is CCCCC1=C[C]([Si](C)(c2ccccc2)C2CCCCC2)C=C1. The minimum Gasteiger partial charge on any atom is -0.0757 e. The van der Waals surface area contributed by atoms with Gasteiger partial charge in [0.2, 0.25) is 0 Å². The molecule has 123 valence electrons. The highest BCUT2D eigenvalue weighted by Crippen LogP contribution is 2.44. The van der Waals surface area contributed by atoms with Gasteiger partial charge in [0.1, 0.15) is 8.07 Å². The molecule has 1 aromatic carbocycles. The maximum absolute atomic E-state index is 2.64. The van der Waals surface area contributed by atoms with E-state index in [9.17, 15) is 0 Å². The second-order valence-electron chi connectivity index (χ2n) is 7.51. The van der Waals surface area contributed by atoms with Gasteiger partial charge in [-0.1, -0.05) is 111 Å². The topological polar surface area (TPSA) is 0 Å². The summed E-state index contributed by atoms with van der Waals surface area (Å²) in [6.07, 6.45) is 18.5. The van der Waals surface area contributed by atoms with Gasteiger partial charge >= 0.3 is 0 Å². The second-order valence-corrected chi connectivity index (χ2v) is 11.9. The number of benzene rings is 1. The van der Waals surface area contributed by atoms with Crippen LogP contribution in [0.5, 0.6) is 0 Å². The fourth-order valence-corrected chi connectivity index (χ4v) is 9.09. The zero-order chi connectivity index (χ0) is 16.1. The molecule has 1 atom stereocenters. The third kappa shape index (κ3) is 3.55. The summed E-state index contributed by atoms with van der Waals surface area (Å²) in [7, 11) is -1.62. The molecule has 1 aromatic rings. The first-order valence-corrected chi connectivity index (χ1v) is 12.1. The molecule has 1 heteroatoms. The average Bonchev–Trinajstić information content (AvgIpc) is 3.10. The fraction of sp³-hybridized carbons (Fsp3) is 0.500. The minimum atomic E-state index is -1.62. The maximum Gasteiger partial charge on any atom is 0.102 e. The van der Waals surface area contributed by atoms with Gasteiger partial charge in [0.25, 0.3) is 0 Å². The number of rotatable bonds is 6. The van der Waals surface area contributed by atoms with Crippen molar-refractivity contribution in [2.75, 3.05) is 0 Å². The van der Waals surface area contributed by atoms with Crippen LogP contribution in [0.25, 0.3) is 0 Å². The monoisotopic (exact) mass is 323 g/mol. The summed E-state index contributed by atoms with van der Waals surface area (Å²) < 4.78 is 0. The van der Waals surface area contributed by atoms with Crippen LogP contribution in [0.4, 0.5) is 0 Å². The summed E-state index contributed by atoms with van der Waals surface area (Å²) in [6, 6.07) is 11.4. The molecule has 0 saturated heterocycles. The van der Waals surface area contributed by atoms with Crippen molar-refractivity contribution >= 4 is 13.3 Å². The van der Waals surface area contributed by atoms with Gasteiger partial charge in [-0.05, 0) is 18.4 Å². The summed E-state index contributed by atoms with van der Waals surface area (Å²) in [4.78, 5) is 0. The molecule has 1 saturated carbocycles. The molecule has 2 aliphatic rings. The normalized spacial score (nSPS) is 22.1. The standard InChI is InChI=1S/C22H31Si/c1-3-4-11-19-16-17-22(18-19)23(2,20-12-7-5-8-13-20)21-14-9-6-10-15-21/h5,7-8,12-13,16-18,21H,3-4,6,9-11,14-15H2,1-2H3.